The molecule has 188 valence electrons. The van der Waals surface area contributed by atoms with Gasteiger partial charge in [0.25, 0.3) is 5.69 Å². The number of fused-ring (bicyclic) bond motifs is 1. The van der Waals surface area contributed by atoms with Gasteiger partial charge in [-0.3, -0.25) is 14.9 Å². The normalized spacial score (nSPS) is 9.89. The van der Waals surface area contributed by atoms with Crippen molar-refractivity contribution in [2.75, 3.05) is 12.8 Å². The van der Waals surface area contributed by atoms with E-state index in [0.717, 1.165) is 28.7 Å². The van der Waals surface area contributed by atoms with Crippen LogP contribution in [-0.4, -0.2) is 32.9 Å². The van der Waals surface area contributed by atoms with Gasteiger partial charge < -0.3 is 16.2 Å². The molecule has 0 aliphatic rings. The minimum atomic E-state index is -0.505. The number of hydrogen-bond donors (Lipinski definition) is 2. The summed E-state index contributed by atoms with van der Waals surface area (Å²) in [4.78, 5) is 24.9. The van der Waals surface area contributed by atoms with Gasteiger partial charge in [0.1, 0.15) is 23.7 Å². The predicted octanol–water partition coefficient (Wildman–Crippen LogP) is 4.54. The van der Waals surface area contributed by atoms with Crippen molar-refractivity contribution in [1.29, 1.82) is 0 Å². The molecule has 5 rings (SSSR count). The van der Waals surface area contributed by atoms with Crippen LogP contribution in [0.25, 0.3) is 16.8 Å². The molecule has 0 unspecified atom stereocenters. The number of carbonyl (C=O) groups is 1. The van der Waals surface area contributed by atoms with Crippen molar-refractivity contribution < 1.29 is 14.5 Å². The van der Waals surface area contributed by atoms with Crippen molar-refractivity contribution in [3.05, 3.63) is 119 Å². The number of rotatable bonds is 6. The Balaban J connectivity index is 0.000000266. The molecule has 0 saturated carbocycles. The SMILES string of the molecule is CN.Nc1ccccc1[N+](=O)[O-].O=Cc1ccn2ncc(-c3ccc(OCc4ccccc4)cc3)c2n1. The maximum Gasteiger partial charge on any atom is 0.292 e. The smallest absolute Gasteiger partial charge is 0.292 e. The van der Waals surface area contributed by atoms with Crippen molar-refractivity contribution in [1.82, 2.24) is 14.6 Å². The predicted molar refractivity (Wildman–Crippen MR) is 142 cm³/mol. The van der Waals surface area contributed by atoms with Crippen molar-refractivity contribution >= 4 is 23.3 Å². The first-order valence-corrected chi connectivity index (χ1v) is 11.2. The monoisotopic (exact) mass is 498 g/mol. The van der Waals surface area contributed by atoms with E-state index in [9.17, 15) is 14.9 Å². The van der Waals surface area contributed by atoms with Crippen LogP contribution in [0.3, 0.4) is 0 Å². The molecule has 3 aromatic carbocycles. The average Bonchev–Trinajstić information content (AvgIpc) is 3.37. The van der Waals surface area contributed by atoms with Crippen molar-refractivity contribution in [2.45, 2.75) is 6.61 Å². The number of aldehydes is 1. The maximum absolute atomic E-state index is 10.9. The molecule has 0 atom stereocenters. The highest BCUT2D eigenvalue weighted by Gasteiger charge is 2.09. The average molecular weight is 499 g/mol. The molecule has 0 aliphatic carbocycles. The van der Waals surface area contributed by atoms with E-state index in [2.05, 4.69) is 15.8 Å². The van der Waals surface area contributed by atoms with Crippen molar-refractivity contribution in [2.24, 2.45) is 5.73 Å². The number of nitrogen functional groups attached to an aromatic ring is 1. The van der Waals surface area contributed by atoms with E-state index in [-0.39, 0.29) is 11.4 Å². The van der Waals surface area contributed by atoms with E-state index in [4.69, 9.17) is 10.5 Å². The molecule has 4 N–H and O–H groups in total. The number of aromatic nitrogens is 3. The van der Waals surface area contributed by atoms with Gasteiger partial charge >= 0.3 is 0 Å². The van der Waals surface area contributed by atoms with E-state index < -0.39 is 4.92 Å². The lowest BCUT2D eigenvalue weighted by molar-refractivity contribution is -0.383. The number of nitrogens with zero attached hydrogens (tertiary/aromatic N) is 4. The van der Waals surface area contributed by atoms with Crippen LogP contribution in [0.1, 0.15) is 16.1 Å². The van der Waals surface area contributed by atoms with Crippen LogP contribution in [-0.2, 0) is 6.61 Å². The van der Waals surface area contributed by atoms with Gasteiger partial charge in [0.15, 0.2) is 11.9 Å². The number of anilines is 1. The molecule has 10 nitrogen and oxygen atoms in total. The zero-order valence-corrected chi connectivity index (χ0v) is 20.1. The number of nitrogens with two attached hydrogens (primary N) is 2. The van der Waals surface area contributed by atoms with Gasteiger partial charge in [0.05, 0.1) is 11.1 Å². The molecule has 0 aliphatic heterocycles. The first kappa shape index (κ1) is 26.5. The topological polar surface area (TPSA) is 152 Å². The highest BCUT2D eigenvalue weighted by atomic mass is 16.6. The lowest BCUT2D eigenvalue weighted by Gasteiger charge is -2.07. The zero-order valence-electron chi connectivity index (χ0n) is 20.1. The molecule has 37 heavy (non-hydrogen) atoms. The van der Waals surface area contributed by atoms with Crippen LogP contribution in [0.15, 0.2) is 97.3 Å². The summed E-state index contributed by atoms with van der Waals surface area (Å²) >= 11 is 0. The van der Waals surface area contributed by atoms with Gasteiger partial charge in [-0.05, 0) is 42.4 Å². The van der Waals surface area contributed by atoms with Crippen molar-refractivity contribution in [3.8, 4) is 16.9 Å². The molecular weight excluding hydrogens is 472 g/mol. The number of nitro groups is 1. The van der Waals surface area contributed by atoms with E-state index in [1.165, 1.54) is 19.2 Å². The maximum atomic E-state index is 10.9. The van der Waals surface area contributed by atoms with Gasteiger partial charge in [0.2, 0.25) is 0 Å². The summed E-state index contributed by atoms with van der Waals surface area (Å²) in [7, 11) is 1.50. The number of nitro benzene ring substituents is 1. The number of carbonyl (C=O) groups excluding carboxylic acids is 1. The van der Waals surface area contributed by atoms with Crippen LogP contribution < -0.4 is 16.2 Å². The standard InChI is InChI=1S/C20H15N3O2.C6H6N2O2.CH5N/c24-13-17-10-11-23-20(22-17)19(12-21-23)16-6-8-18(9-7-16)25-14-15-4-2-1-3-5-15;7-5-3-1-2-4-6(5)8(9)10;1-2/h1-13H,14H2;1-4H,7H2;2H2,1H3. The molecule has 2 aromatic heterocycles. The highest BCUT2D eigenvalue weighted by Crippen LogP contribution is 2.26. The number of benzene rings is 3. The summed E-state index contributed by atoms with van der Waals surface area (Å²) in [6.45, 7) is 0.529. The van der Waals surface area contributed by atoms with Crippen LogP contribution in [0, 0.1) is 10.1 Å². The van der Waals surface area contributed by atoms with Gasteiger partial charge in [-0.2, -0.15) is 5.10 Å². The summed E-state index contributed by atoms with van der Waals surface area (Å²) in [6, 6.07) is 25.5. The Bertz CT molecular complexity index is 1450. The van der Waals surface area contributed by atoms with Crippen LogP contribution in [0.4, 0.5) is 11.4 Å². The summed E-state index contributed by atoms with van der Waals surface area (Å²) < 4.78 is 7.46. The molecule has 5 aromatic rings. The van der Waals surface area contributed by atoms with E-state index in [1.54, 1.807) is 35.1 Å². The molecule has 0 amide bonds. The van der Waals surface area contributed by atoms with Gasteiger partial charge in [0, 0.05) is 17.8 Å². The second-order valence-electron chi connectivity index (χ2n) is 7.41. The third kappa shape index (κ3) is 6.96. The lowest BCUT2D eigenvalue weighted by atomic mass is 10.1. The summed E-state index contributed by atoms with van der Waals surface area (Å²) in [5, 5.41) is 14.4. The highest BCUT2D eigenvalue weighted by molar-refractivity contribution is 5.80. The van der Waals surface area contributed by atoms with Crippen molar-refractivity contribution in [3.63, 3.8) is 0 Å². The molecule has 0 bridgehead atoms. The molecule has 2 heterocycles. The van der Waals surface area contributed by atoms with Gasteiger partial charge in [-0.15, -0.1) is 0 Å². The van der Waals surface area contributed by atoms with Crippen LogP contribution in [0.5, 0.6) is 5.75 Å². The Morgan fingerprint density at radius 3 is 2.27 bits per heavy atom. The largest absolute Gasteiger partial charge is 0.489 e. The third-order valence-corrected chi connectivity index (χ3v) is 5.06. The fourth-order valence-electron chi connectivity index (χ4n) is 3.28. The number of hydrogen-bond acceptors (Lipinski definition) is 8. The molecule has 10 heteroatoms. The van der Waals surface area contributed by atoms with E-state index in [1.807, 2.05) is 54.6 Å². The molecular formula is C27H26N6O4. The Labute approximate surface area is 213 Å². The fraction of sp³-hybridized carbons (Fsp3) is 0.0741. The zero-order chi connectivity index (χ0) is 26.6. The third-order valence-electron chi connectivity index (χ3n) is 5.06. The number of para-hydroxylation sites is 2. The molecule has 0 radical (unpaired) electrons. The fourth-order valence-corrected chi connectivity index (χ4v) is 3.28. The van der Waals surface area contributed by atoms with Crippen LogP contribution in [0.2, 0.25) is 0 Å². The first-order chi connectivity index (χ1) is 18.0. The summed E-state index contributed by atoms with van der Waals surface area (Å²) in [6.07, 6.45) is 4.21. The second-order valence-corrected chi connectivity index (χ2v) is 7.41. The van der Waals surface area contributed by atoms with Crippen LogP contribution >= 0.6 is 0 Å². The Morgan fingerprint density at radius 2 is 1.65 bits per heavy atom. The van der Waals surface area contributed by atoms with Gasteiger partial charge in [-0.25, -0.2) is 9.50 Å². The number of ether oxygens (including phenoxy) is 1. The Kier molecular flexibility index (Phi) is 9.40. The first-order valence-electron chi connectivity index (χ1n) is 11.2. The van der Waals surface area contributed by atoms with E-state index >= 15 is 0 Å². The Hall–Kier alpha value is -5.09. The molecule has 0 fully saturated rings. The summed E-state index contributed by atoms with van der Waals surface area (Å²) in [5.41, 5.74) is 14.0. The second kappa shape index (κ2) is 13.1. The summed E-state index contributed by atoms with van der Waals surface area (Å²) in [5.74, 6) is 0.797. The van der Waals surface area contributed by atoms with E-state index in [0.29, 0.717) is 17.9 Å². The minimum Gasteiger partial charge on any atom is -0.489 e. The molecule has 0 spiro atoms. The lowest BCUT2D eigenvalue weighted by Crippen LogP contribution is -1.95. The Morgan fingerprint density at radius 1 is 0.973 bits per heavy atom. The molecule has 0 saturated heterocycles. The van der Waals surface area contributed by atoms with Gasteiger partial charge in [-0.1, -0.05) is 54.6 Å². The quantitative estimate of drug-likeness (QED) is 0.150. The minimum absolute atomic E-state index is 0.0394.